The number of aromatic amines is 1. The summed E-state index contributed by atoms with van der Waals surface area (Å²) in [7, 11) is 0. The number of hydrazine groups is 1. The van der Waals surface area contributed by atoms with Gasteiger partial charge in [0.05, 0.1) is 0 Å². The fraction of sp³-hybridized carbons (Fsp3) is 0.0588. The lowest BCUT2D eigenvalue weighted by Crippen LogP contribution is -2.41. The van der Waals surface area contributed by atoms with Gasteiger partial charge in [-0.25, -0.2) is 0 Å². The van der Waals surface area contributed by atoms with Gasteiger partial charge in [0.25, 0.3) is 5.91 Å². The SMILES string of the molecule is Cc1c(C(=O)NNC(=O)c2ccc3n[nH]nc3c2)oc2ccccc12. The lowest BCUT2D eigenvalue weighted by molar-refractivity contribution is 0.0831. The van der Waals surface area contributed by atoms with E-state index in [-0.39, 0.29) is 5.76 Å². The van der Waals surface area contributed by atoms with Crippen molar-refractivity contribution >= 4 is 33.8 Å². The molecule has 2 aromatic heterocycles. The summed E-state index contributed by atoms with van der Waals surface area (Å²) in [5.41, 5.74) is 7.63. The molecular formula is C17H13N5O3. The molecule has 0 atom stereocenters. The summed E-state index contributed by atoms with van der Waals surface area (Å²) < 4.78 is 5.56. The van der Waals surface area contributed by atoms with Crippen molar-refractivity contribution in [2.45, 2.75) is 6.92 Å². The van der Waals surface area contributed by atoms with Crippen LogP contribution in [0, 0.1) is 6.92 Å². The summed E-state index contributed by atoms with van der Waals surface area (Å²) >= 11 is 0. The van der Waals surface area contributed by atoms with Crippen molar-refractivity contribution < 1.29 is 14.0 Å². The van der Waals surface area contributed by atoms with Crippen molar-refractivity contribution in [3.8, 4) is 0 Å². The van der Waals surface area contributed by atoms with Crippen LogP contribution in [0.2, 0.25) is 0 Å². The van der Waals surface area contributed by atoms with Gasteiger partial charge in [0.1, 0.15) is 16.6 Å². The van der Waals surface area contributed by atoms with E-state index in [1.165, 1.54) is 0 Å². The zero-order chi connectivity index (χ0) is 17.4. The number of hydrogen-bond donors (Lipinski definition) is 3. The van der Waals surface area contributed by atoms with E-state index in [2.05, 4.69) is 26.3 Å². The van der Waals surface area contributed by atoms with Gasteiger partial charge in [-0.3, -0.25) is 20.4 Å². The molecule has 124 valence electrons. The molecule has 0 aliphatic heterocycles. The zero-order valence-corrected chi connectivity index (χ0v) is 13.2. The van der Waals surface area contributed by atoms with Crippen LogP contribution in [0.5, 0.6) is 0 Å². The van der Waals surface area contributed by atoms with Gasteiger partial charge in [-0.2, -0.15) is 15.4 Å². The van der Waals surface area contributed by atoms with Gasteiger partial charge < -0.3 is 4.42 Å². The Kier molecular flexibility index (Phi) is 3.42. The second-order valence-corrected chi connectivity index (χ2v) is 5.49. The molecule has 0 fully saturated rings. The van der Waals surface area contributed by atoms with Crippen molar-refractivity contribution in [2.24, 2.45) is 0 Å². The van der Waals surface area contributed by atoms with Crippen molar-refractivity contribution in [1.82, 2.24) is 26.3 Å². The van der Waals surface area contributed by atoms with E-state index in [0.717, 1.165) is 5.39 Å². The number of hydrogen-bond acceptors (Lipinski definition) is 5. The monoisotopic (exact) mass is 335 g/mol. The molecule has 0 spiro atoms. The Hall–Kier alpha value is -3.68. The molecule has 0 saturated carbocycles. The first-order valence-electron chi connectivity index (χ1n) is 7.53. The largest absolute Gasteiger partial charge is 0.451 e. The number of furan rings is 1. The molecule has 8 nitrogen and oxygen atoms in total. The highest BCUT2D eigenvalue weighted by molar-refractivity contribution is 6.02. The standard InChI is InChI=1S/C17H13N5O3/c1-9-11-4-2-3-5-14(11)25-15(9)17(24)21-20-16(23)10-6-7-12-13(8-10)19-22-18-12/h2-8H,1H3,(H,20,23)(H,21,24)(H,18,19,22). The van der Waals surface area contributed by atoms with Gasteiger partial charge in [-0.05, 0) is 31.2 Å². The molecule has 0 bridgehead atoms. The van der Waals surface area contributed by atoms with Gasteiger partial charge in [-0.15, -0.1) is 0 Å². The average molecular weight is 335 g/mol. The molecule has 2 aromatic carbocycles. The van der Waals surface area contributed by atoms with Crippen LogP contribution in [0.3, 0.4) is 0 Å². The Bertz CT molecular complexity index is 1110. The van der Waals surface area contributed by atoms with Crippen LogP contribution in [-0.2, 0) is 0 Å². The highest BCUT2D eigenvalue weighted by Crippen LogP contribution is 2.24. The summed E-state index contributed by atoms with van der Waals surface area (Å²) in [6.07, 6.45) is 0. The summed E-state index contributed by atoms with van der Waals surface area (Å²) in [6.45, 7) is 1.79. The number of aryl methyl sites for hydroxylation is 1. The molecule has 4 aromatic rings. The Labute approximate surface area is 141 Å². The van der Waals surface area contributed by atoms with E-state index in [0.29, 0.717) is 27.7 Å². The molecule has 8 heteroatoms. The van der Waals surface area contributed by atoms with E-state index < -0.39 is 11.8 Å². The van der Waals surface area contributed by atoms with Crippen molar-refractivity contribution in [3.63, 3.8) is 0 Å². The van der Waals surface area contributed by atoms with E-state index in [1.807, 2.05) is 18.2 Å². The predicted molar refractivity (Wildman–Crippen MR) is 89.8 cm³/mol. The maximum absolute atomic E-state index is 12.3. The van der Waals surface area contributed by atoms with Gasteiger partial charge in [-0.1, -0.05) is 18.2 Å². The van der Waals surface area contributed by atoms with E-state index in [4.69, 9.17) is 4.42 Å². The van der Waals surface area contributed by atoms with Crippen LogP contribution < -0.4 is 10.9 Å². The lowest BCUT2D eigenvalue weighted by atomic mass is 10.1. The van der Waals surface area contributed by atoms with Crippen LogP contribution in [0.1, 0.15) is 26.5 Å². The van der Waals surface area contributed by atoms with Crippen LogP contribution in [0.15, 0.2) is 46.9 Å². The summed E-state index contributed by atoms with van der Waals surface area (Å²) in [5, 5.41) is 11.2. The van der Waals surface area contributed by atoms with Crippen molar-refractivity contribution in [1.29, 1.82) is 0 Å². The Morgan fingerprint density at radius 3 is 2.60 bits per heavy atom. The van der Waals surface area contributed by atoms with E-state index in [9.17, 15) is 9.59 Å². The number of benzene rings is 2. The molecule has 4 rings (SSSR count). The first kappa shape index (κ1) is 14.9. The molecular weight excluding hydrogens is 322 g/mol. The highest BCUT2D eigenvalue weighted by atomic mass is 16.3. The number of fused-ring (bicyclic) bond motifs is 2. The number of amides is 2. The third-order valence-corrected chi connectivity index (χ3v) is 3.92. The normalized spacial score (nSPS) is 10.9. The number of aromatic nitrogens is 3. The first-order valence-corrected chi connectivity index (χ1v) is 7.53. The highest BCUT2D eigenvalue weighted by Gasteiger charge is 2.18. The molecule has 2 heterocycles. The second kappa shape index (κ2) is 5.75. The third-order valence-electron chi connectivity index (χ3n) is 3.92. The van der Waals surface area contributed by atoms with Crippen LogP contribution >= 0.6 is 0 Å². The number of rotatable bonds is 2. The topological polar surface area (TPSA) is 113 Å². The quantitative estimate of drug-likeness (QED) is 0.485. The fourth-order valence-corrected chi connectivity index (χ4v) is 2.61. The van der Waals surface area contributed by atoms with Crippen LogP contribution in [0.4, 0.5) is 0 Å². The van der Waals surface area contributed by atoms with E-state index in [1.54, 1.807) is 31.2 Å². The molecule has 0 aliphatic rings. The summed E-state index contributed by atoms with van der Waals surface area (Å²) in [4.78, 5) is 24.5. The number of H-pyrrole nitrogens is 1. The molecule has 0 unspecified atom stereocenters. The minimum atomic E-state index is -0.524. The maximum Gasteiger partial charge on any atom is 0.305 e. The second-order valence-electron chi connectivity index (χ2n) is 5.49. The molecule has 0 aliphatic carbocycles. The minimum absolute atomic E-state index is 0.161. The molecule has 25 heavy (non-hydrogen) atoms. The fourth-order valence-electron chi connectivity index (χ4n) is 2.61. The lowest BCUT2D eigenvalue weighted by Gasteiger charge is -2.06. The predicted octanol–water partition coefficient (Wildman–Crippen LogP) is 2.09. The summed E-state index contributed by atoms with van der Waals surface area (Å²) in [6, 6.07) is 12.2. The number of carbonyl (C=O) groups is 2. The number of carbonyl (C=O) groups excluding carboxylic acids is 2. The molecule has 0 saturated heterocycles. The number of nitrogens with one attached hydrogen (secondary N) is 3. The minimum Gasteiger partial charge on any atom is -0.451 e. The van der Waals surface area contributed by atoms with Gasteiger partial charge >= 0.3 is 5.91 Å². The third kappa shape index (κ3) is 2.59. The average Bonchev–Trinajstić information content (AvgIpc) is 3.23. The maximum atomic E-state index is 12.3. The van der Waals surface area contributed by atoms with Crippen molar-refractivity contribution in [3.05, 3.63) is 59.4 Å². The first-order chi connectivity index (χ1) is 12.1. The molecule has 2 amide bonds. The zero-order valence-electron chi connectivity index (χ0n) is 13.2. The molecule has 0 radical (unpaired) electrons. The van der Waals surface area contributed by atoms with Gasteiger partial charge in [0.2, 0.25) is 0 Å². The Morgan fingerprint density at radius 1 is 1.00 bits per heavy atom. The van der Waals surface area contributed by atoms with E-state index >= 15 is 0 Å². The smallest absolute Gasteiger partial charge is 0.305 e. The summed E-state index contributed by atoms with van der Waals surface area (Å²) in [5.74, 6) is -0.829. The number of nitrogens with zero attached hydrogens (tertiary/aromatic N) is 2. The van der Waals surface area contributed by atoms with Gasteiger partial charge in [0, 0.05) is 16.5 Å². The van der Waals surface area contributed by atoms with Crippen molar-refractivity contribution in [2.75, 3.05) is 0 Å². The Morgan fingerprint density at radius 2 is 1.76 bits per heavy atom. The molecule has 3 N–H and O–H groups in total. The van der Waals surface area contributed by atoms with Gasteiger partial charge in [0.15, 0.2) is 5.76 Å². The Balaban J connectivity index is 1.50. The number of para-hydroxylation sites is 1. The van der Waals surface area contributed by atoms with Crippen LogP contribution in [-0.4, -0.2) is 27.2 Å². The van der Waals surface area contributed by atoms with Crippen LogP contribution in [0.25, 0.3) is 22.0 Å².